The van der Waals surface area contributed by atoms with Crippen molar-refractivity contribution < 1.29 is 20.1 Å². The minimum Gasteiger partial charge on any atom is -0.508 e. The molecular weight excluding hydrogens is 304 g/mol. The van der Waals surface area contributed by atoms with Crippen molar-refractivity contribution in [3.8, 4) is 23.0 Å². The molecule has 0 fully saturated rings. The van der Waals surface area contributed by atoms with Crippen LogP contribution in [0.1, 0.15) is 30.5 Å². The molecule has 0 radical (unpaired) electrons. The fraction of sp³-hybridized carbons (Fsp3) is 0.300. The SMILES string of the molecule is COc1cc(O)cc(CCc2ccc(O)c(O)c2)c1CC=C(C)C. The summed E-state index contributed by atoms with van der Waals surface area (Å²) in [6.45, 7) is 4.09. The maximum absolute atomic E-state index is 9.94. The van der Waals surface area contributed by atoms with Gasteiger partial charge in [0.2, 0.25) is 0 Å². The molecule has 24 heavy (non-hydrogen) atoms. The zero-order chi connectivity index (χ0) is 17.7. The van der Waals surface area contributed by atoms with Crippen LogP contribution in [-0.4, -0.2) is 22.4 Å². The Kier molecular flexibility index (Phi) is 5.74. The van der Waals surface area contributed by atoms with E-state index in [4.69, 9.17) is 4.74 Å². The average Bonchev–Trinajstić information content (AvgIpc) is 2.54. The third-order valence-corrected chi connectivity index (χ3v) is 3.94. The Hall–Kier alpha value is -2.62. The molecule has 0 amide bonds. The van der Waals surface area contributed by atoms with E-state index in [1.54, 1.807) is 31.4 Å². The number of ether oxygens (including phenoxy) is 1. The maximum atomic E-state index is 9.94. The third-order valence-electron chi connectivity index (χ3n) is 3.94. The molecule has 2 aromatic rings. The highest BCUT2D eigenvalue weighted by Crippen LogP contribution is 2.31. The van der Waals surface area contributed by atoms with E-state index in [1.807, 2.05) is 13.8 Å². The molecule has 2 rings (SSSR count). The monoisotopic (exact) mass is 328 g/mol. The van der Waals surface area contributed by atoms with E-state index in [0.29, 0.717) is 18.6 Å². The van der Waals surface area contributed by atoms with Gasteiger partial charge >= 0.3 is 0 Å². The van der Waals surface area contributed by atoms with Crippen LogP contribution >= 0.6 is 0 Å². The lowest BCUT2D eigenvalue weighted by atomic mass is 9.96. The molecule has 0 aliphatic heterocycles. The number of phenols is 3. The summed E-state index contributed by atoms with van der Waals surface area (Å²) in [6.07, 6.45) is 4.25. The quantitative estimate of drug-likeness (QED) is 0.551. The molecule has 0 heterocycles. The maximum Gasteiger partial charge on any atom is 0.157 e. The summed E-state index contributed by atoms with van der Waals surface area (Å²) in [6, 6.07) is 8.22. The van der Waals surface area contributed by atoms with Gasteiger partial charge in [0.1, 0.15) is 11.5 Å². The molecular formula is C20H24O4. The van der Waals surface area contributed by atoms with Crippen molar-refractivity contribution in [2.75, 3.05) is 7.11 Å². The van der Waals surface area contributed by atoms with Crippen molar-refractivity contribution in [1.82, 2.24) is 0 Å². The fourth-order valence-electron chi connectivity index (χ4n) is 2.63. The summed E-state index contributed by atoms with van der Waals surface area (Å²) in [5.74, 6) is 0.611. The molecule has 2 aromatic carbocycles. The number of allylic oxidation sites excluding steroid dienone is 2. The fourth-order valence-corrected chi connectivity index (χ4v) is 2.63. The van der Waals surface area contributed by atoms with Crippen molar-refractivity contribution >= 4 is 0 Å². The van der Waals surface area contributed by atoms with Gasteiger partial charge in [0.05, 0.1) is 7.11 Å². The molecule has 0 aromatic heterocycles. The van der Waals surface area contributed by atoms with Gasteiger partial charge in [-0.25, -0.2) is 0 Å². The van der Waals surface area contributed by atoms with Gasteiger partial charge in [0.15, 0.2) is 11.5 Å². The number of benzene rings is 2. The van der Waals surface area contributed by atoms with Crippen molar-refractivity contribution in [1.29, 1.82) is 0 Å². The summed E-state index contributed by atoms with van der Waals surface area (Å²) < 4.78 is 5.42. The average molecular weight is 328 g/mol. The second kappa shape index (κ2) is 7.77. The molecule has 3 N–H and O–H groups in total. The zero-order valence-electron chi connectivity index (χ0n) is 14.3. The Morgan fingerprint density at radius 1 is 1.00 bits per heavy atom. The number of hydrogen-bond acceptors (Lipinski definition) is 4. The van der Waals surface area contributed by atoms with Gasteiger partial charge in [-0.1, -0.05) is 17.7 Å². The summed E-state index contributed by atoms with van der Waals surface area (Å²) >= 11 is 0. The van der Waals surface area contributed by atoms with Crippen molar-refractivity contribution in [3.63, 3.8) is 0 Å². The Morgan fingerprint density at radius 3 is 2.38 bits per heavy atom. The molecule has 0 saturated carbocycles. The molecule has 0 aliphatic rings. The molecule has 128 valence electrons. The normalized spacial score (nSPS) is 10.5. The first kappa shape index (κ1) is 17.7. The minimum atomic E-state index is -0.123. The van der Waals surface area contributed by atoms with Crippen LogP contribution in [0.15, 0.2) is 42.0 Å². The van der Waals surface area contributed by atoms with Crippen LogP contribution in [0, 0.1) is 0 Å². The smallest absolute Gasteiger partial charge is 0.157 e. The first-order valence-corrected chi connectivity index (χ1v) is 7.93. The molecule has 0 aliphatic carbocycles. The third kappa shape index (κ3) is 4.44. The summed E-state index contributed by atoms with van der Waals surface area (Å²) in [4.78, 5) is 0. The summed E-state index contributed by atoms with van der Waals surface area (Å²) in [5, 5.41) is 28.9. The van der Waals surface area contributed by atoms with Gasteiger partial charge in [0.25, 0.3) is 0 Å². The number of aryl methyl sites for hydroxylation is 2. The lowest BCUT2D eigenvalue weighted by molar-refractivity contribution is 0.402. The zero-order valence-corrected chi connectivity index (χ0v) is 14.3. The number of rotatable bonds is 6. The second-order valence-electron chi connectivity index (χ2n) is 6.09. The Morgan fingerprint density at radius 2 is 1.75 bits per heavy atom. The number of methoxy groups -OCH3 is 1. The molecule has 0 saturated heterocycles. The predicted molar refractivity (Wildman–Crippen MR) is 95.0 cm³/mol. The van der Waals surface area contributed by atoms with Gasteiger partial charge in [0, 0.05) is 11.6 Å². The highest BCUT2D eigenvalue weighted by Gasteiger charge is 2.11. The first-order chi connectivity index (χ1) is 11.4. The van der Waals surface area contributed by atoms with Gasteiger partial charge < -0.3 is 20.1 Å². The molecule has 0 bridgehead atoms. The topological polar surface area (TPSA) is 69.9 Å². The van der Waals surface area contributed by atoms with E-state index in [-0.39, 0.29) is 17.2 Å². The van der Waals surface area contributed by atoms with Gasteiger partial charge in [-0.2, -0.15) is 0 Å². The standard InChI is InChI=1S/C20H24O4/c1-13(2)4-8-17-15(11-16(21)12-20(17)24-3)7-5-14-6-9-18(22)19(23)10-14/h4,6,9-12,21-23H,5,7-8H2,1-3H3. The molecule has 4 heteroatoms. The van der Waals surface area contributed by atoms with Crippen LogP contribution in [0.5, 0.6) is 23.0 Å². The van der Waals surface area contributed by atoms with E-state index < -0.39 is 0 Å². The van der Waals surface area contributed by atoms with Crippen LogP contribution in [0.25, 0.3) is 0 Å². The first-order valence-electron chi connectivity index (χ1n) is 7.93. The predicted octanol–water partition coefficient (Wildman–Crippen LogP) is 4.11. The molecule has 0 unspecified atom stereocenters. The van der Waals surface area contributed by atoms with Crippen LogP contribution < -0.4 is 4.74 Å². The van der Waals surface area contributed by atoms with Crippen LogP contribution in [-0.2, 0) is 19.3 Å². The Labute approximate surface area is 142 Å². The second-order valence-corrected chi connectivity index (χ2v) is 6.09. The van der Waals surface area contributed by atoms with Crippen LogP contribution in [0.2, 0.25) is 0 Å². The van der Waals surface area contributed by atoms with E-state index in [2.05, 4.69) is 6.08 Å². The molecule has 4 nitrogen and oxygen atoms in total. The van der Waals surface area contributed by atoms with E-state index >= 15 is 0 Å². The Balaban J connectivity index is 2.28. The van der Waals surface area contributed by atoms with Gasteiger partial charge in [-0.05, 0) is 62.4 Å². The lowest BCUT2D eigenvalue weighted by Crippen LogP contribution is -2.00. The highest BCUT2D eigenvalue weighted by molar-refractivity contribution is 5.48. The van der Waals surface area contributed by atoms with Crippen LogP contribution in [0.3, 0.4) is 0 Å². The number of hydrogen-bond donors (Lipinski definition) is 3. The number of aromatic hydroxyl groups is 3. The van der Waals surface area contributed by atoms with E-state index in [9.17, 15) is 15.3 Å². The van der Waals surface area contributed by atoms with Crippen molar-refractivity contribution in [3.05, 3.63) is 58.7 Å². The molecule has 0 atom stereocenters. The summed E-state index contributed by atoms with van der Waals surface area (Å²) in [7, 11) is 1.60. The summed E-state index contributed by atoms with van der Waals surface area (Å²) in [5.41, 5.74) is 4.21. The number of phenolic OH excluding ortho intramolecular Hbond substituents is 3. The van der Waals surface area contributed by atoms with Gasteiger partial charge in [-0.15, -0.1) is 0 Å². The van der Waals surface area contributed by atoms with E-state index in [1.165, 1.54) is 11.6 Å². The molecule has 0 spiro atoms. The Bertz CT molecular complexity index is 744. The highest BCUT2D eigenvalue weighted by atomic mass is 16.5. The minimum absolute atomic E-state index is 0.120. The van der Waals surface area contributed by atoms with Crippen molar-refractivity contribution in [2.24, 2.45) is 0 Å². The van der Waals surface area contributed by atoms with E-state index in [0.717, 1.165) is 23.1 Å². The van der Waals surface area contributed by atoms with Gasteiger partial charge in [-0.3, -0.25) is 0 Å². The largest absolute Gasteiger partial charge is 0.508 e. The lowest BCUT2D eigenvalue weighted by Gasteiger charge is -2.14. The van der Waals surface area contributed by atoms with Crippen LogP contribution in [0.4, 0.5) is 0 Å². The van der Waals surface area contributed by atoms with Crippen molar-refractivity contribution in [2.45, 2.75) is 33.1 Å².